The van der Waals surface area contributed by atoms with Gasteiger partial charge in [-0.15, -0.1) is 6.58 Å². The number of aromatic nitrogens is 4. The number of rotatable bonds is 5. The molecule has 0 aromatic carbocycles. The maximum Gasteiger partial charge on any atom is 0.166 e. The van der Waals surface area contributed by atoms with Crippen LogP contribution in [0, 0.1) is 6.04 Å². The van der Waals surface area contributed by atoms with Gasteiger partial charge in [0.05, 0.1) is 19.0 Å². The maximum atomic E-state index is 14.4. The molecule has 2 N–H and O–H groups in total. The zero-order chi connectivity index (χ0) is 15.7. The lowest BCUT2D eigenvalue weighted by Crippen LogP contribution is -2.29. The fourth-order valence-electron chi connectivity index (χ4n) is 2.45. The average Bonchev–Trinajstić information content (AvgIpc) is 3.08. The highest BCUT2D eigenvalue weighted by Crippen LogP contribution is 2.41. The highest BCUT2D eigenvalue weighted by Gasteiger charge is 2.42. The van der Waals surface area contributed by atoms with Crippen molar-refractivity contribution >= 4 is 17.0 Å². The van der Waals surface area contributed by atoms with Crippen LogP contribution in [-0.4, -0.2) is 31.7 Å². The van der Waals surface area contributed by atoms with Crippen molar-refractivity contribution in [3.8, 4) is 0 Å². The average molecular weight is 300 g/mol. The Bertz CT molecular complexity index is 768. The van der Waals surface area contributed by atoms with E-state index in [4.69, 9.17) is 10.5 Å². The summed E-state index contributed by atoms with van der Waals surface area (Å²) in [5, 5.41) is 0. The second-order valence-corrected chi connectivity index (χ2v) is 4.90. The fourth-order valence-corrected chi connectivity index (χ4v) is 2.45. The molecule has 7 heteroatoms. The lowest BCUT2D eigenvalue weighted by atomic mass is 10.0. The third-order valence-electron chi connectivity index (χ3n) is 3.60. The molecule has 1 aliphatic rings. The first-order valence-electron chi connectivity index (χ1n) is 6.67. The number of anilines is 1. The molecule has 1 atom stereocenters. The van der Waals surface area contributed by atoms with Gasteiger partial charge >= 0.3 is 0 Å². The number of nitrogen functional groups attached to an aromatic ring is 1. The zero-order valence-corrected chi connectivity index (χ0v) is 11.9. The van der Waals surface area contributed by atoms with Gasteiger partial charge in [0.15, 0.2) is 11.5 Å². The summed E-state index contributed by atoms with van der Waals surface area (Å²) in [6.07, 6.45) is 7.60. The van der Waals surface area contributed by atoms with Crippen molar-refractivity contribution in [3.63, 3.8) is 0 Å². The van der Waals surface area contributed by atoms with Crippen LogP contribution in [-0.2, 0) is 4.74 Å². The SMILES string of the molecule is C=CCOC1(C=C)C[C](n2cnc3c(N)ncnc32)C=C1F. The molecule has 0 aliphatic heterocycles. The first kappa shape index (κ1) is 14.4. The number of allylic oxidation sites excluding steroid dienone is 1. The summed E-state index contributed by atoms with van der Waals surface area (Å²) < 4.78 is 21.7. The molecule has 2 heterocycles. The molecule has 1 radical (unpaired) electrons. The largest absolute Gasteiger partial charge is 0.382 e. The van der Waals surface area contributed by atoms with Gasteiger partial charge in [-0.2, -0.15) is 0 Å². The zero-order valence-electron chi connectivity index (χ0n) is 11.9. The third-order valence-corrected chi connectivity index (χ3v) is 3.60. The number of fused-ring (bicyclic) bond motifs is 1. The quantitative estimate of drug-likeness (QED) is 0.856. The van der Waals surface area contributed by atoms with Gasteiger partial charge in [0.2, 0.25) is 0 Å². The Morgan fingerprint density at radius 2 is 2.23 bits per heavy atom. The summed E-state index contributed by atoms with van der Waals surface area (Å²) in [7, 11) is 0. The summed E-state index contributed by atoms with van der Waals surface area (Å²) in [6.45, 7) is 7.49. The van der Waals surface area contributed by atoms with Gasteiger partial charge in [-0.3, -0.25) is 0 Å². The van der Waals surface area contributed by atoms with Crippen LogP contribution in [0.3, 0.4) is 0 Å². The summed E-state index contributed by atoms with van der Waals surface area (Å²) in [5.41, 5.74) is 5.58. The van der Waals surface area contributed by atoms with Crippen LogP contribution in [0.25, 0.3) is 11.2 Å². The molecule has 113 valence electrons. The predicted octanol–water partition coefficient (Wildman–Crippen LogP) is 2.17. The van der Waals surface area contributed by atoms with E-state index in [-0.39, 0.29) is 18.8 Å². The Hall–Kier alpha value is -2.54. The number of imidazole rings is 1. The monoisotopic (exact) mass is 300 g/mol. The number of hydrogen-bond donors (Lipinski definition) is 1. The molecular formula is C15H15FN5O. The normalized spacial score (nSPS) is 22.0. The number of hydrogen-bond acceptors (Lipinski definition) is 5. The fraction of sp³-hybridized carbons (Fsp3) is 0.200. The molecule has 2 aromatic heterocycles. The Kier molecular flexibility index (Phi) is 3.50. The molecule has 0 saturated carbocycles. The first-order chi connectivity index (χ1) is 10.6. The molecule has 1 aliphatic carbocycles. The molecule has 0 fully saturated rings. The Labute approximate surface area is 126 Å². The predicted molar refractivity (Wildman–Crippen MR) is 81.3 cm³/mol. The van der Waals surface area contributed by atoms with Crippen LogP contribution in [0.15, 0.2) is 49.9 Å². The van der Waals surface area contributed by atoms with Gasteiger partial charge in [-0.05, 0) is 6.08 Å². The van der Waals surface area contributed by atoms with Gasteiger partial charge in [0.1, 0.15) is 23.3 Å². The van der Waals surface area contributed by atoms with Crippen LogP contribution in [0.1, 0.15) is 6.42 Å². The van der Waals surface area contributed by atoms with Crippen molar-refractivity contribution in [3.05, 3.63) is 55.9 Å². The summed E-state index contributed by atoms with van der Waals surface area (Å²) in [6, 6.07) is 0.655. The molecule has 22 heavy (non-hydrogen) atoms. The minimum Gasteiger partial charge on any atom is -0.382 e. The van der Waals surface area contributed by atoms with Crippen molar-refractivity contribution in [2.24, 2.45) is 0 Å². The van der Waals surface area contributed by atoms with Gasteiger partial charge in [0.25, 0.3) is 0 Å². The molecule has 0 bridgehead atoms. The highest BCUT2D eigenvalue weighted by molar-refractivity contribution is 5.81. The molecule has 0 spiro atoms. The standard InChI is InChI=1S/C15H15FN5O/c1-3-5-22-15(4-2)7-10(6-11(15)16)21-9-20-12-13(17)18-8-19-14(12)21/h3-4,6,8-9H,1-2,5,7H2,(H2,17,18,19). The minimum absolute atomic E-state index is 0.223. The third kappa shape index (κ3) is 2.10. The minimum atomic E-state index is -1.18. The smallest absolute Gasteiger partial charge is 0.166 e. The summed E-state index contributed by atoms with van der Waals surface area (Å²) in [4.78, 5) is 12.2. The van der Waals surface area contributed by atoms with Crippen molar-refractivity contribution in [2.45, 2.75) is 12.0 Å². The lowest BCUT2D eigenvalue weighted by molar-refractivity contribution is 0.0249. The van der Waals surface area contributed by atoms with E-state index in [9.17, 15) is 4.39 Å². The molecule has 3 rings (SSSR count). The van der Waals surface area contributed by atoms with Crippen LogP contribution in [0.5, 0.6) is 0 Å². The van der Waals surface area contributed by atoms with Crippen molar-refractivity contribution in [1.82, 2.24) is 19.5 Å². The van der Waals surface area contributed by atoms with Crippen LogP contribution in [0.2, 0.25) is 0 Å². The van der Waals surface area contributed by atoms with E-state index in [1.165, 1.54) is 18.5 Å². The van der Waals surface area contributed by atoms with Crippen LogP contribution >= 0.6 is 0 Å². The Balaban J connectivity index is 1.98. The summed E-state index contributed by atoms with van der Waals surface area (Å²) in [5.74, 6) is -0.132. The van der Waals surface area contributed by atoms with Gasteiger partial charge < -0.3 is 15.0 Å². The molecule has 6 nitrogen and oxygen atoms in total. The molecule has 0 amide bonds. The molecular weight excluding hydrogens is 285 g/mol. The number of nitrogens with two attached hydrogens (primary N) is 1. The molecule has 0 saturated heterocycles. The van der Waals surface area contributed by atoms with E-state index in [2.05, 4.69) is 28.1 Å². The van der Waals surface area contributed by atoms with Crippen LogP contribution in [0.4, 0.5) is 10.2 Å². The van der Waals surface area contributed by atoms with Gasteiger partial charge in [-0.25, -0.2) is 19.3 Å². The highest BCUT2D eigenvalue weighted by atomic mass is 19.1. The molecule has 1 unspecified atom stereocenters. The van der Waals surface area contributed by atoms with Crippen molar-refractivity contribution < 1.29 is 9.13 Å². The number of nitrogens with zero attached hydrogens (tertiary/aromatic N) is 4. The van der Waals surface area contributed by atoms with E-state index in [1.807, 2.05) is 0 Å². The van der Waals surface area contributed by atoms with E-state index in [0.717, 1.165) is 0 Å². The van der Waals surface area contributed by atoms with E-state index in [0.29, 0.717) is 17.2 Å². The van der Waals surface area contributed by atoms with E-state index < -0.39 is 11.4 Å². The Morgan fingerprint density at radius 1 is 1.41 bits per heavy atom. The van der Waals surface area contributed by atoms with Crippen molar-refractivity contribution in [2.75, 3.05) is 12.3 Å². The summed E-state index contributed by atoms with van der Waals surface area (Å²) >= 11 is 0. The Morgan fingerprint density at radius 3 is 2.95 bits per heavy atom. The van der Waals surface area contributed by atoms with Crippen molar-refractivity contribution in [1.29, 1.82) is 0 Å². The molecule has 2 aromatic rings. The van der Waals surface area contributed by atoms with E-state index in [1.54, 1.807) is 17.0 Å². The lowest BCUT2D eigenvalue weighted by Gasteiger charge is -2.25. The maximum absolute atomic E-state index is 14.4. The van der Waals surface area contributed by atoms with E-state index >= 15 is 0 Å². The van der Waals surface area contributed by atoms with Gasteiger partial charge in [-0.1, -0.05) is 18.7 Å². The van der Waals surface area contributed by atoms with Crippen LogP contribution < -0.4 is 5.73 Å². The second-order valence-electron chi connectivity index (χ2n) is 4.90. The number of ether oxygens (including phenoxy) is 1. The van der Waals surface area contributed by atoms with Gasteiger partial charge in [0, 0.05) is 6.42 Å². The second kappa shape index (κ2) is 5.34. The first-order valence-corrected chi connectivity index (χ1v) is 6.67. The number of halogens is 1. The topological polar surface area (TPSA) is 78.9 Å².